The summed E-state index contributed by atoms with van der Waals surface area (Å²) in [7, 11) is 0. The molecule has 0 aliphatic rings. The molecule has 0 saturated heterocycles. The van der Waals surface area contributed by atoms with Gasteiger partial charge in [0.05, 0.1) is 20.9 Å². The van der Waals surface area contributed by atoms with Gasteiger partial charge >= 0.3 is 0 Å². The number of hydrogen-bond acceptors (Lipinski definition) is 3. The molecule has 1 heterocycles. The minimum atomic E-state index is -0.140. The number of rotatable bonds is 5. The first kappa shape index (κ1) is 16.5. The van der Waals surface area contributed by atoms with E-state index < -0.39 is 0 Å². The SMILES string of the molecule is CCCOc1ccc(C(N)c2cc(Br)c(Br)s2)cc1Br. The fourth-order valence-electron chi connectivity index (χ4n) is 1.72. The average Bonchev–Trinajstić information content (AvgIpc) is 2.76. The lowest BCUT2D eigenvalue weighted by Crippen LogP contribution is -2.10. The van der Waals surface area contributed by atoms with Crippen molar-refractivity contribution in [2.75, 3.05) is 6.61 Å². The Morgan fingerprint density at radius 2 is 1.95 bits per heavy atom. The maximum Gasteiger partial charge on any atom is 0.133 e. The van der Waals surface area contributed by atoms with E-state index in [1.54, 1.807) is 11.3 Å². The molecule has 0 saturated carbocycles. The van der Waals surface area contributed by atoms with Crippen LogP contribution in [0.3, 0.4) is 0 Å². The summed E-state index contributed by atoms with van der Waals surface area (Å²) in [6.07, 6.45) is 0.991. The van der Waals surface area contributed by atoms with E-state index in [0.717, 1.165) is 41.9 Å². The highest BCUT2D eigenvalue weighted by Gasteiger charge is 2.15. The standard InChI is InChI=1S/C14H14Br3NOS/c1-2-5-19-11-4-3-8(6-9(11)15)13(18)12-7-10(16)14(17)20-12/h3-4,6-7,13H,2,5,18H2,1H3. The van der Waals surface area contributed by atoms with Crippen molar-refractivity contribution in [3.05, 3.63) is 47.4 Å². The van der Waals surface area contributed by atoms with Gasteiger partial charge in [0.1, 0.15) is 5.75 Å². The number of hydrogen-bond donors (Lipinski definition) is 1. The van der Waals surface area contributed by atoms with Crippen LogP contribution < -0.4 is 10.5 Å². The number of halogens is 3. The second kappa shape index (κ2) is 7.40. The van der Waals surface area contributed by atoms with E-state index in [0.29, 0.717) is 0 Å². The Bertz CT molecular complexity index is 581. The Kier molecular flexibility index (Phi) is 6.10. The van der Waals surface area contributed by atoms with Crippen LogP contribution in [0, 0.1) is 0 Å². The van der Waals surface area contributed by atoms with Gasteiger partial charge in [-0.3, -0.25) is 0 Å². The fourth-order valence-corrected chi connectivity index (χ4v) is 4.35. The molecule has 2 rings (SSSR count). The predicted molar refractivity (Wildman–Crippen MR) is 95.7 cm³/mol. The summed E-state index contributed by atoms with van der Waals surface area (Å²) in [5.41, 5.74) is 7.38. The van der Waals surface area contributed by atoms with Gasteiger partial charge in [0, 0.05) is 9.35 Å². The molecule has 0 fully saturated rings. The second-order valence-electron chi connectivity index (χ2n) is 4.29. The van der Waals surface area contributed by atoms with Crippen molar-refractivity contribution in [2.24, 2.45) is 5.73 Å². The molecule has 0 aliphatic heterocycles. The van der Waals surface area contributed by atoms with E-state index >= 15 is 0 Å². The molecule has 0 spiro atoms. The summed E-state index contributed by atoms with van der Waals surface area (Å²) in [6.45, 7) is 2.81. The first-order valence-corrected chi connectivity index (χ1v) is 9.35. The summed E-state index contributed by atoms with van der Waals surface area (Å²) in [5, 5.41) is 0. The van der Waals surface area contributed by atoms with Gasteiger partial charge < -0.3 is 10.5 Å². The lowest BCUT2D eigenvalue weighted by atomic mass is 10.1. The summed E-state index contributed by atoms with van der Waals surface area (Å²) < 4.78 is 8.69. The summed E-state index contributed by atoms with van der Waals surface area (Å²) >= 11 is 12.2. The number of nitrogens with two attached hydrogens (primary N) is 1. The Balaban J connectivity index is 2.22. The summed E-state index contributed by atoms with van der Waals surface area (Å²) in [6, 6.07) is 7.92. The maximum absolute atomic E-state index is 6.32. The topological polar surface area (TPSA) is 35.2 Å². The summed E-state index contributed by atoms with van der Waals surface area (Å²) in [5.74, 6) is 0.858. The van der Waals surface area contributed by atoms with Gasteiger partial charge in [-0.1, -0.05) is 13.0 Å². The monoisotopic (exact) mass is 481 g/mol. The van der Waals surface area contributed by atoms with Crippen molar-refractivity contribution in [2.45, 2.75) is 19.4 Å². The maximum atomic E-state index is 6.32. The molecule has 2 N–H and O–H groups in total. The largest absolute Gasteiger partial charge is 0.492 e. The van der Waals surface area contributed by atoms with Gasteiger partial charge in [0.2, 0.25) is 0 Å². The number of ether oxygens (including phenoxy) is 1. The van der Waals surface area contributed by atoms with Crippen LogP contribution in [0.5, 0.6) is 5.75 Å². The van der Waals surface area contributed by atoms with E-state index in [9.17, 15) is 0 Å². The van der Waals surface area contributed by atoms with Gasteiger partial charge in [-0.15, -0.1) is 11.3 Å². The molecule has 1 unspecified atom stereocenters. The third kappa shape index (κ3) is 3.85. The molecule has 0 bridgehead atoms. The third-order valence-corrected chi connectivity index (χ3v) is 6.71. The zero-order valence-electron chi connectivity index (χ0n) is 10.8. The van der Waals surface area contributed by atoms with E-state index in [-0.39, 0.29) is 6.04 Å². The van der Waals surface area contributed by atoms with Gasteiger partial charge in [-0.05, 0) is 78.0 Å². The lowest BCUT2D eigenvalue weighted by Gasteiger charge is -2.13. The molecule has 1 aromatic carbocycles. The van der Waals surface area contributed by atoms with Crippen LogP contribution >= 0.6 is 59.1 Å². The molecule has 1 aromatic heterocycles. The molecule has 2 aromatic rings. The molecule has 0 amide bonds. The van der Waals surface area contributed by atoms with Crippen molar-refractivity contribution >= 4 is 59.1 Å². The highest BCUT2D eigenvalue weighted by atomic mass is 79.9. The van der Waals surface area contributed by atoms with Crippen molar-refractivity contribution in [3.63, 3.8) is 0 Å². The summed E-state index contributed by atoms with van der Waals surface area (Å²) in [4.78, 5) is 1.11. The number of benzene rings is 1. The quantitative estimate of drug-likeness (QED) is 0.577. The van der Waals surface area contributed by atoms with Gasteiger partial charge in [0.15, 0.2) is 0 Å². The van der Waals surface area contributed by atoms with E-state index in [2.05, 4.69) is 60.8 Å². The highest BCUT2D eigenvalue weighted by Crippen LogP contribution is 2.38. The molecule has 108 valence electrons. The molecule has 2 nitrogen and oxygen atoms in total. The molecule has 0 radical (unpaired) electrons. The first-order valence-electron chi connectivity index (χ1n) is 6.15. The third-order valence-electron chi connectivity index (χ3n) is 2.75. The molecular weight excluding hydrogens is 470 g/mol. The van der Waals surface area contributed by atoms with Crippen LogP contribution in [-0.4, -0.2) is 6.61 Å². The van der Waals surface area contributed by atoms with Crippen molar-refractivity contribution < 1.29 is 4.74 Å². The van der Waals surface area contributed by atoms with Crippen LogP contribution in [-0.2, 0) is 0 Å². The van der Waals surface area contributed by atoms with Crippen molar-refractivity contribution in [1.29, 1.82) is 0 Å². The minimum absolute atomic E-state index is 0.140. The fraction of sp³-hybridized carbons (Fsp3) is 0.286. The smallest absolute Gasteiger partial charge is 0.133 e. The Hall–Kier alpha value is 0.120. The van der Waals surface area contributed by atoms with Crippen molar-refractivity contribution in [1.82, 2.24) is 0 Å². The zero-order valence-corrected chi connectivity index (χ0v) is 16.4. The highest BCUT2D eigenvalue weighted by molar-refractivity contribution is 9.13. The van der Waals surface area contributed by atoms with E-state index in [1.165, 1.54) is 0 Å². The molecule has 20 heavy (non-hydrogen) atoms. The van der Waals surface area contributed by atoms with Crippen LogP contribution in [0.4, 0.5) is 0 Å². The van der Waals surface area contributed by atoms with Crippen molar-refractivity contribution in [3.8, 4) is 5.75 Å². The molecule has 6 heteroatoms. The van der Waals surface area contributed by atoms with Crippen LogP contribution in [0.2, 0.25) is 0 Å². The van der Waals surface area contributed by atoms with Gasteiger partial charge in [0.25, 0.3) is 0 Å². The second-order valence-corrected chi connectivity index (χ2v) is 8.40. The average molecular weight is 484 g/mol. The predicted octanol–water partition coefficient (Wildman–Crippen LogP) is 5.87. The van der Waals surface area contributed by atoms with Gasteiger partial charge in [-0.2, -0.15) is 0 Å². The molecule has 0 aliphatic carbocycles. The molecular formula is C14H14Br3NOS. The first-order chi connectivity index (χ1) is 9.52. The minimum Gasteiger partial charge on any atom is -0.492 e. The normalized spacial score (nSPS) is 12.4. The van der Waals surface area contributed by atoms with Gasteiger partial charge in [-0.25, -0.2) is 0 Å². The van der Waals surface area contributed by atoms with Crippen LogP contribution in [0.1, 0.15) is 29.8 Å². The molecule has 1 atom stereocenters. The van der Waals surface area contributed by atoms with Crippen LogP contribution in [0.15, 0.2) is 37.0 Å². The lowest BCUT2D eigenvalue weighted by molar-refractivity contribution is 0.315. The Morgan fingerprint density at radius 3 is 2.50 bits per heavy atom. The Labute approximate surface area is 148 Å². The van der Waals surface area contributed by atoms with E-state index in [1.807, 2.05) is 18.2 Å². The zero-order chi connectivity index (χ0) is 14.7. The Morgan fingerprint density at radius 1 is 1.20 bits per heavy atom. The van der Waals surface area contributed by atoms with E-state index in [4.69, 9.17) is 10.5 Å². The van der Waals surface area contributed by atoms with Crippen LogP contribution in [0.25, 0.3) is 0 Å². The number of thiophene rings is 1.